The molecule has 0 amide bonds. The van der Waals surface area contributed by atoms with E-state index in [1.54, 1.807) is 45.2 Å². The summed E-state index contributed by atoms with van der Waals surface area (Å²) in [5.41, 5.74) is 3.09. The molecule has 2 aromatic carbocycles. The predicted octanol–water partition coefficient (Wildman–Crippen LogP) is 4.68. The minimum atomic E-state index is -0.490. The highest BCUT2D eigenvalue weighted by atomic mass is 16.6. The molecule has 1 N–H and O–H groups in total. The number of benzene rings is 2. The van der Waals surface area contributed by atoms with Crippen LogP contribution in [0.2, 0.25) is 0 Å². The standard InChI is InChI=1S/C23H22N2O6/c1-13-22(15(3)26)14(2)24-23(13)20(27)12-31-21-10-7-17(25(28)29)11-19(21)16-5-8-18(30-4)9-6-16/h5-11,24H,12H2,1-4H3. The molecule has 0 radical (unpaired) electrons. The van der Waals surface area contributed by atoms with Crippen LogP contribution in [-0.4, -0.2) is 35.2 Å². The van der Waals surface area contributed by atoms with E-state index in [1.807, 2.05) is 0 Å². The molecule has 0 atom stereocenters. The van der Waals surface area contributed by atoms with Crippen LogP contribution in [0.1, 0.15) is 39.0 Å². The number of ether oxygens (including phenoxy) is 2. The molecule has 0 unspecified atom stereocenters. The number of aromatic amines is 1. The molecule has 0 fully saturated rings. The number of hydrogen-bond donors (Lipinski definition) is 1. The minimum Gasteiger partial charge on any atom is -0.497 e. The van der Waals surface area contributed by atoms with Crippen molar-refractivity contribution < 1.29 is 24.0 Å². The van der Waals surface area contributed by atoms with Gasteiger partial charge in [0, 0.05) is 29.0 Å². The summed E-state index contributed by atoms with van der Waals surface area (Å²) in [7, 11) is 1.55. The van der Waals surface area contributed by atoms with Crippen molar-refractivity contribution in [1.29, 1.82) is 0 Å². The molecule has 31 heavy (non-hydrogen) atoms. The van der Waals surface area contributed by atoms with Gasteiger partial charge in [-0.25, -0.2) is 0 Å². The van der Waals surface area contributed by atoms with E-state index in [4.69, 9.17) is 9.47 Å². The summed E-state index contributed by atoms with van der Waals surface area (Å²) in [5.74, 6) is 0.526. The molecule has 3 aromatic rings. The average molecular weight is 422 g/mol. The number of nitrogens with zero attached hydrogens (tertiary/aromatic N) is 1. The van der Waals surface area contributed by atoms with Crippen LogP contribution in [-0.2, 0) is 0 Å². The van der Waals surface area contributed by atoms with Gasteiger partial charge < -0.3 is 14.5 Å². The SMILES string of the molecule is COc1ccc(-c2cc([N+](=O)[O-])ccc2OCC(=O)c2[nH]c(C)c(C(C)=O)c2C)cc1. The van der Waals surface area contributed by atoms with E-state index in [2.05, 4.69) is 4.98 Å². The van der Waals surface area contributed by atoms with Crippen molar-refractivity contribution in [3.05, 3.63) is 75.1 Å². The van der Waals surface area contributed by atoms with Gasteiger partial charge in [-0.3, -0.25) is 19.7 Å². The number of methoxy groups -OCH3 is 1. The highest BCUT2D eigenvalue weighted by Crippen LogP contribution is 2.34. The summed E-state index contributed by atoms with van der Waals surface area (Å²) in [6.45, 7) is 4.60. The smallest absolute Gasteiger partial charge is 0.270 e. The third-order valence-corrected chi connectivity index (χ3v) is 5.00. The summed E-state index contributed by atoms with van der Waals surface area (Å²) in [5, 5.41) is 11.2. The largest absolute Gasteiger partial charge is 0.497 e. The molecule has 160 valence electrons. The van der Waals surface area contributed by atoms with Gasteiger partial charge >= 0.3 is 0 Å². The van der Waals surface area contributed by atoms with E-state index in [0.717, 1.165) is 0 Å². The number of aryl methyl sites for hydroxylation is 1. The molecule has 1 heterocycles. The molecule has 0 bridgehead atoms. The number of Topliss-reactive ketones (excluding diaryl/α,β-unsaturated/α-hetero) is 2. The lowest BCUT2D eigenvalue weighted by Crippen LogP contribution is -2.14. The normalized spacial score (nSPS) is 10.6. The van der Waals surface area contributed by atoms with Crippen molar-refractivity contribution in [3.63, 3.8) is 0 Å². The lowest BCUT2D eigenvalue weighted by atomic mass is 10.0. The van der Waals surface area contributed by atoms with E-state index < -0.39 is 4.92 Å². The second-order valence-corrected chi connectivity index (χ2v) is 7.06. The third-order valence-electron chi connectivity index (χ3n) is 5.00. The molecular formula is C23H22N2O6. The fraction of sp³-hybridized carbons (Fsp3) is 0.217. The van der Waals surface area contributed by atoms with Crippen LogP contribution >= 0.6 is 0 Å². The molecule has 8 heteroatoms. The number of non-ortho nitro benzene ring substituents is 1. The third kappa shape index (κ3) is 4.48. The first-order valence-corrected chi connectivity index (χ1v) is 9.52. The zero-order valence-electron chi connectivity index (χ0n) is 17.6. The fourth-order valence-electron chi connectivity index (χ4n) is 3.53. The second-order valence-electron chi connectivity index (χ2n) is 7.06. The van der Waals surface area contributed by atoms with Gasteiger partial charge in [0.2, 0.25) is 5.78 Å². The van der Waals surface area contributed by atoms with Crippen LogP contribution in [0, 0.1) is 24.0 Å². The fourth-order valence-corrected chi connectivity index (χ4v) is 3.53. The van der Waals surface area contributed by atoms with Gasteiger partial charge in [0.15, 0.2) is 12.4 Å². The number of aromatic nitrogens is 1. The Balaban J connectivity index is 1.90. The highest BCUT2D eigenvalue weighted by molar-refractivity contribution is 6.03. The highest BCUT2D eigenvalue weighted by Gasteiger charge is 2.21. The molecule has 8 nitrogen and oxygen atoms in total. The zero-order valence-corrected chi connectivity index (χ0v) is 17.6. The van der Waals surface area contributed by atoms with E-state index in [-0.39, 0.29) is 23.9 Å². The molecule has 1 aromatic heterocycles. The van der Waals surface area contributed by atoms with Gasteiger partial charge in [0.1, 0.15) is 11.5 Å². The Morgan fingerprint density at radius 3 is 2.32 bits per heavy atom. The Labute approximate surface area is 179 Å². The van der Waals surface area contributed by atoms with E-state index in [1.165, 1.54) is 25.1 Å². The molecule has 0 saturated carbocycles. The number of nitrogens with one attached hydrogen (secondary N) is 1. The zero-order chi connectivity index (χ0) is 22.7. The number of nitro groups is 1. The molecule has 0 aliphatic rings. The number of carbonyl (C=O) groups excluding carboxylic acids is 2. The maximum Gasteiger partial charge on any atom is 0.270 e. The van der Waals surface area contributed by atoms with Crippen LogP contribution in [0.3, 0.4) is 0 Å². The Bertz CT molecular complexity index is 1160. The van der Waals surface area contributed by atoms with Crippen LogP contribution in [0.5, 0.6) is 11.5 Å². The minimum absolute atomic E-state index is 0.0913. The Morgan fingerprint density at radius 1 is 1.10 bits per heavy atom. The monoisotopic (exact) mass is 422 g/mol. The van der Waals surface area contributed by atoms with E-state index >= 15 is 0 Å². The average Bonchev–Trinajstić information content (AvgIpc) is 3.06. The quantitative estimate of drug-likeness (QED) is 0.320. The van der Waals surface area contributed by atoms with Crippen molar-refractivity contribution in [2.45, 2.75) is 20.8 Å². The summed E-state index contributed by atoms with van der Waals surface area (Å²) in [6, 6.07) is 11.2. The van der Waals surface area contributed by atoms with E-state index in [9.17, 15) is 19.7 Å². The Hall–Kier alpha value is -3.94. The van der Waals surface area contributed by atoms with E-state index in [0.29, 0.717) is 45.1 Å². The second kappa shape index (κ2) is 8.83. The van der Waals surface area contributed by atoms with Crippen molar-refractivity contribution in [2.24, 2.45) is 0 Å². The van der Waals surface area contributed by atoms with Crippen molar-refractivity contribution in [2.75, 3.05) is 13.7 Å². The number of hydrogen-bond acceptors (Lipinski definition) is 6. The van der Waals surface area contributed by atoms with Crippen LogP contribution < -0.4 is 9.47 Å². The van der Waals surface area contributed by atoms with Gasteiger partial charge in [-0.1, -0.05) is 12.1 Å². The number of ketones is 2. The maximum absolute atomic E-state index is 12.7. The van der Waals surface area contributed by atoms with Crippen LogP contribution in [0.25, 0.3) is 11.1 Å². The first kappa shape index (κ1) is 21.8. The van der Waals surface area contributed by atoms with Gasteiger partial charge in [0.05, 0.1) is 17.7 Å². The molecule has 3 rings (SSSR count). The Kier molecular flexibility index (Phi) is 6.20. The van der Waals surface area contributed by atoms with Gasteiger partial charge in [-0.2, -0.15) is 0 Å². The van der Waals surface area contributed by atoms with Crippen LogP contribution in [0.4, 0.5) is 5.69 Å². The Morgan fingerprint density at radius 2 is 1.77 bits per heavy atom. The van der Waals surface area contributed by atoms with Crippen molar-refractivity contribution in [3.8, 4) is 22.6 Å². The maximum atomic E-state index is 12.7. The molecule has 0 spiro atoms. The molecular weight excluding hydrogens is 400 g/mol. The number of H-pyrrole nitrogens is 1. The first-order valence-electron chi connectivity index (χ1n) is 9.52. The molecule has 0 aliphatic heterocycles. The summed E-state index contributed by atoms with van der Waals surface area (Å²) < 4.78 is 10.9. The first-order chi connectivity index (χ1) is 14.7. The molecule has 0 aliphatic carbocycles. The number of carbonyl (C=O) groups is 2. The number of rotatable bonds is 8. The van der Waals surface area contributed by atoms with Crippen LogP contribution in [0.15, 0.2) is 42.5 Å². The summed E-state index contributed by atoms with van der Waals surface area (Å²) >= 11 is 0. The number of nitro benzene ring substituents is 1. The summed E-state index contributed by atoms with van der Waals surface area (Å²) in [6.07, 6.45) is 0. The summed E-state index contributed by atoms with van der Waals surface area (Å²) in [4.78, 5) is 38.3. The molecule has 0 saturated heterocycles. The topological polar surface area (TPSA) is 112 Å². The van der Waals surface area contributed by atoms with Crippen molar-refractivity contribution in [1.82, 2.24) is 4.98 Å². The van der Waals surface area contributed by atoms with Gasteiger partial charge in [0.25, 0.3) is 5.69 Å². The van der Waals surface area contributed by atoms with Gasteiger partial charge in [-0.15, -0.1) is 0 Å². The predicted molar refractivity (Wildman–Crippen MR) is 115 cm³/mol. The van der Waals surface area contributed by atoms with Crippen molar-refractivity contribution >= 4 is 17.3 Å². The van der Waals surface area contributed by atoms with Gasteiger partial charge in [-0.05, 0) is 50.1 Å². The lowest BCUT2D eigenvalue weighted by molar-refractivity contribution is -0.384. The lowest BCUT2D eigenvalue weighted by Gasteiger charge is -2.12.